The van der Waals surface area contributed by atoms with E-state index >= 15 is 0 Å². The molecule has 3 N–H and O–H groups in total. The van der Waals surface area contributed by atoms with Crippen LogP contribution in [0, 0.1) is 0 Å². The van der Waals surface area contributed by atoms with Crippen molar-refractivity contribution >= 4 is 41.5 Å². The van der Waals surface area contributed by atoms with E-state index in [-0.39, 0.29) is 30.0 Å². The van der Waals surface area contributed by atoms with Gasteiger partial charge in [0.25, 0.3) is 0 Å². The SMILES string of the molecule is CN=C(NCc1nc(-c2ccco2)n[nH]1)NC(C)c1ccccc1Cl.I. The third-order valence-corrected chi connectivity index (χ3v) is 3.99. The van der Waals surface area contributed by atoms with E-state index in [9.17, 15) is 0 Å². The molecule has 1 unspecified atom stereocenters. The van der Waals surface area contributed by atoms with E-state index < -0.39 is 0 Å². The van der Waals surface area contributed by atoms with Crippen LogP contribution in [0.4, 0.5) is 0 Å². The number of hydrogen-bond donors (Lipinski definition) is 3. The van der Waals surface area contributed by atoms with Crippen molar-refractivity contribution in [3.8, 4) is 11.6 Å². The Morgan fingerprint density at radius 2 is 2.12 bits per heavy atom. The van der Waals surface area contributed by atoms with Crippen LogP contribution in [0.1, 0.15) is 24.4 Å². The van der Waals surface area contributed by atoms with E-state index in [0.29, 0.717) is 29.9 Å². The van der Waals surface area contributed by atoms with Crippen molar-refractivity contribution in [3.63, 3.8) is 0 Å². The van der Waals surface area contributed by atoms with E-state index in [2.05, 4.69) is 30.8 Å². The van der Waals surface area contributed by atoms with Gasteiger partial charge in [-0.2, -0.15) is 0 Å². The van der Waals surface area contributed by atoms with Gasteiger partial charge in [0.05, 0.1) is 18.8 Å². The minimum Gasteiger partial charge on any atom is -0.461 e. The van der Waals surface area contributed by atoms with Crippen LogP contribution in [0.5, 0.6) is 0 Å². The number of aromatic nitrogens is 3. The summed E-state index contributed by atoms with van der Waals surface area (Å²) in [7, 11) is 1.71. The Balaban J connectivity index is 0.00000243. The molecule has 0 aliphatic heterocycles. The Kier molecular flexibility index (Phi) is 7.46. The lowest BCUT2D eigenvalue weighted by Crippen LogP contribution is -2.38. The Morgan fingerprint density at radius 1 is 1.31 bits per heavy atom. The summed E-state index contributed by atoms with van der Waals surface area (Å²) >= 11 is 6.24. The molecule has 2 aromatic heterocycles. The third kappa shape index (κ3) is 4.98. The first-order valence-electron chi connectivity index (χ1n) is 7.84. The Morgan fingerprint density at radius 3 is 2.81 bits per heavy atom. The van der Waals surface area contributed by atoms with E-state index in [1.165, 1.54) is 0 Å². The largest absolute Gasteiger partial charge is 0.461 e. The first kappa shape index (κ1) is 20.2. The van der Waals surface area contributed by atoms with Gasteiger partial charge in [-0.15, -0.1) is 29.1 Å². The minimum atomic E-state index is 0. The number of halogens is 2. The van der Waals surface area contributed by atoms with Crippen molar-refractivity contribution in [1.29, 1.82) is 0 Å². The highest BCUT2D eigenvalue weighted by molar-refractivity contribution is 14.0. The Bertz CT molecular complexity index is 849. The van der Waals surface area contributed by atoms with Crippen LogP contribution in [0.2, 0.25) is 5.02 Å². The second kappa shape index (κ2) is 9.58. The predicted octanol–water partition coefficient (Wildman–Crippen LogP) is 3.76. The molecule has 0 bridgehead atoms. The number of nitrogens with one attached hydrogen (secondary N) is 3. The normalized spacial score (nSPS) is 12.3. The van der Waals surface area contributed by atoms with Crippen LogP contribution in [0.25, 0.3) is 11.6 Å². The highest BCUT2D eigenvalue weighted by atomic mass is 127. The van der Waals surface area contributed by atoms with Crippen molar-refractivity contribution in [3.05, 3.63) is 59.1 Å². The standard InChI is InChI=1S/C17H19ClN6O.HI/c1-11(12-6-3-4-7-13(12)18)21-17(19-2)20-10-15-22-16(24-23-15)14-8-5-9-25-14;/h3-9,11H,10H2,1-2H3,(H2,19,20,21)(H,22,23,24);1H. The summed E-state index contributed by atoms with van der Waals surface area (Å²) in [5.41, 5.74) is 1.01. The molecule has 0 aliphatic carbocycles. The molecule has 0 saturated heterocycles. The summed E-state index contributed by atoms with van der Waals surface area (Å²) in [6.45, 7) is 2.47. The van der Waals surface area contributed by atoms with E-state index in [1.807, 2.05) is 37.3 Å². The first-order valence-corrected chi connectivity index (χ1v) is 8.22. The van der Waals surface area contributed by atoms with Crippen LogP contribution < -0.4 is 10.6 Å². The summed E-state index contributed by atoms with van der Waals surface area (Å²) in [6.07, 6.45) is 1.59. The molecule has 0 saturated carbocycles. The van der Waals surface area contributed by atoms with Gasteiger partial charge in [0, 0.05) is 12.1 Å². The molecule has 7 nitrogen and oxygen atoms in total. The average Bonchev–Trinajstić information content (AvgIpc) is 3.30. The molecule has 26 heavy (non-hydrogen) atoms. The summed E-state index contributed by atoms with van der Waals surface area (Å²) < 4.78 is 5.28. The monoisotopic (exact) mass is 486 g/mol. The molecule has 0 aliphatic rings. The summed E-state index contributed by atoms with van der Waals surface area (Å²) in [6, 6.07) is 11.3. The number of H-pyrrole nitrogens is 1. The van der Waals surface area contributed by atoms with Crippen molar-refractivity contribution < 1.29 is 4.42 Å². The zero-order valence-electron chi connectivity index (χ0n) is 14.4. The molecule has 9 heteroatoms. The molecule has 0 radical (unpaired) electrons. The van der Waals surface area contributed by atoms with E-state index in [4.69, 9.17) is 16.0 Å². The molecule has 0 spiro atoms. The predicted molar refractivity (Wildman–Crippen MR) is 113 cm³/mol. The molecule has 1 aromatic carbocycles. The number of furan rings is 1. The highest BCUT2D eigenvalue weighted by Crippen LogP contribution is 2.22. The second-order valence-corrected chi connectivity index (χ2v) is 5.80. The summed E-state index contributed by atoms with van der Waals surface area (Å²) in [4.78, 5) is 8.61. The van der Waals surface area contributed by atoms with Gasteiger partial charge in [-0.1, -0.05) is 29.8 Å². The fraction of sp³-hybridized carbons (Fsp3) is 0.235. The van der Waals surface area contributed by atoms with Crippen molar-refractivity contribution in [2.24, 2.45) is 4.99 Å². The van der Waals surface area contributed by atoms with Crippen LogP contribution >= 0.6 is 35.6 Å². The number of aliphatic imine (C=N–C) groups is 1. The lowest BCUT2D eigenvalue weighted by molar-refractivity contribution is 0.577. The summed E-state index contributed by atoms with van der Waals surface area (Å²) in [5, 5.41) is 14.2. The third-order valence-electron chi connectivity index (χ3n) is 3.65. The number of benzene rings is 1. The van der Waals surface area contributed by atoms with Crippen LogP contribution in [-0.4, -0.2) is 28.2 Å². The van der Waals surface area contributed by atoms with Gasteiger partial charge in [0.2, 0.25) is 5.82 Å². The first-order chi connectivity index (χ1) is 12.2. The lowest BCUT2D eigenvalue weighted by atomic mass is 10.1. The Hall–Kier alpha value is -2.07. The van der Waals surface area contributed by atoms with Gasteiger partial charge < -0.3 is 15.1 Å². The molecule has 3 aromatic rings. The number of hydrogen-bond acceptors (Lipinski definition) is 4. The quantitative estimate of drug-likeness (QED) is 0.290. The molecule has 3 rings (SSSR count). The van der Waals surface area contributed by atoms with Crippen LogP contribution in [0.15, 0.2) is 52.1 Å². The maximum Gasteiger partial charge on any atom is 0.216 e. The van der Waals surface area contributed by atoms with Gasteiger partial charge in [0.1, 0.15) is 5.82 Å². The van der Waals surface area contributed by atoms with Gasteiger partial charge in [-0.25, -0.2) is 4.98 Å². The van der Waals surface area contributed by atoms with Crippen LogP contribution in [-0.2, 0) is 6.54 Å². The fourth-order valence-electron chi connectivity index (χ4n) is 2.36. The van der Waals surface area contributed by atoms with Gasteiger partial charge >= 0.3 is 0 Å². The smallest absolute Gasteiger partial charge is 0.216 e. The number of aromatic amines is 1. The molecular weight excluding hydrogens is 467 g/mol. The highest BCUT2D eigenvalue weighted by Gasteiger charge is 2.12. The maximum atomic E-state index is 6.24. The van der Waals surface area contributed by atoms with Gasteiger partial charge in [-0.05, 0) is 30.7 Å². The van der Waals surface area contributed by atoms with E-state index in [0.717, 1.165) is 10.6 Å². The van der Waals surface area contributed by atoms with Crippen LogP contribution in [0.3, 0.4) is 0 Å². The lowest BCUT2D eigenvalue weighted by Gasteiger charge is -2.18. The number of nitrogens with zero attached hydrogens (tertiary/aromatic N) is 3. The zero-order valence-corrected chi connectivity index (χ0v) is 17.4. The second-order valence-electron chi connectivity index (χ2n) is 5.40. The Labute approximate surface area is 173 Å². The molecule has 0 fully saturated rings. The maximum absolute atomic E-state index is 6.24. The van der Waals surface area contributed by atoms with E-state index in [1.54, 1.807) is 19.4 Å². The topological polar surface area (TPSA) is 91.1 Å². The number of guanidine groups is 1. The molecule has 2 heterocycles. The molecular formula is C17H20ClIN6O. The van der Waals surface area contributed by atoms with Gasteiger partial charge in [0.15, 0.2) is 11.7 Å². The average molecular weight is 487 g/mol. The summed E-state index contributed by atoms with van der Waals surface area (Å²) in [5.74, 6) is 2.47. The van der Waals surface area contributed by atoms with Crippen molar-refractivity contribution in [2.75, 3.05) is 7.05 Å². The minimum absolute atomic E-state index is 0. The van der Waals surface area contributed by atoms with Gasteiger partial charge in [-0.3, -0.25) is 10.1 Å². The number of rotatable bonds is 5. The molecule has 0 amide bonds. The van der Waals surface area contributed by atoms with Crippen molar-refractivity contribution in [1.82, 2.24) is 25.8 Å². The fourth-order valence-corrected chi connectivity index (χ4v) is 2.66. The zero-order chi connectivity index (χ0) is 17.6. The molecule has 138 valence electrons. The molecule has 1 atom stereocenters. The van der Waals surface area contributed by atoms with Crippen molar-refractivity contribution in [2.45, 2.75) is 19.5 Å².